The second kappa shape index (κ2) is 8.87. The first-order chi connectivity index (χ1) is 9.88. The predicted octanol–water partition coefficient (Wildman–Crippen LogP) is 1.52. The van der Waals surface area contributed by atoms with Gasteiger partial charge in [-0.3, -0.25) is 0 Å². The molecule has 0 aromatic rings. The van der Waals surface area contributed by atoms with Crippen LogP contribution in [0.5, 0.6) is 0 Å². The molecule has 6 heteroatoms. The molecule has 2 amide bonds. The summed E-state index contributed by atoms with van der Waals surface area (Å²) in [5, 5.41) is 14.4. The highest BCUT2D eigenvalue weighted by atomic mass is 16.4. The first kappa shape index (κ1) is 17.8. The van der Waals surface area contributed by atoms with Crippen LogP contribution in [0, 0.1) is 11.8 Å². The Labute approximate surface area is 127 Å². The van der Waals surface area contributed by atoms with E-state index in [0.29, 0.717) is 18.9 Å². The number of carboxylic acid groups (broad SMARTS) is 1. The van der Waals surface area contributed by atoms with Crippen LogP contribution in [0.1, 0.15) is 39.5 Å². The van der Waals surface area contributed by atoms with Crippen molar-refractivity contribution in [3.8, 4) is 0 Å². The highest BCUT2D eigenvalue weighted by molar-refractivity contribution is 5.82. The third-order valence-electron chi connectivity index (χ3n) is 3.99. The number of urea groups is 1. The molecule has 0 aromatic heterocycles. The van der Waals surface area contributed by atoms with Gasteiger partial charge < -0.3 is 20.6 Å². The monoisotopic (exact) mass is 299 g/mol. The summed E-state index contributed by atoms with van der Waals surface area (Å²) in [5.74, 6) is -0.0905. The van der Waals surface area contributed by atoms with E-state index in [1.54, 1.807) is 0 Å². The lowest BCUT2D eigenvalue weighted by Crippen LogP contribution is -2.47. The lowest BCUT2D eigenvalue weighted by molar-refractivity contribution is -0.139. The number of carbonyl (C=O) groups excluding carboxylic acids is 1. The van der Waals surface area contributed by atoms with Gasteiger partial charge in [0.05, 0.1) is 0 Å². The summed E-state index contributed by atoms with van der Waals surface area (Å²) in [4.78, 5) is 25.1. The normalized spacial score (nSPS) is 18.5. The van der Waals surface area contributed by atoms with Gasteiger partial charge in [-0.05, 0) is 57.7 Å². The lowest BCUT2D eigenvalue weighted by Gasteiger charge is -2.28. The summed E-state index contributed by atoms with van der Waals surface area (Å²) < 4.78 is 0. The first-order valence-corrected chi connectivity index (χ1v) is 7.84. The van der Waals surface area contributed by atoms with Crippen molar-refractivity contribution in [3.63, 3.8) is 0 Å². The molecule has 1 rings (SSSR count). The van der Waals surface area contributed by atoms with Crippen LogP contribution in [0.2, 0.25) is 0 Å². The SMILES string of the molecule is CC(C)CC(NC(=O)NCCC1CCN(C)CC1)C(=O)O. The zero-order valence-electron chi connectivity index (χ0n) is 13.4. The van der Waals surface area contributed by atoms with Crippen LogP contribution in [-0.4, -0.2) is 54.7 Å². The van der Waals surface area contributed by atoms with Gasteiger partial charge >= 0.3 is 12.0 Å². The third-order valence-corrected chi connectivity index (χ3v) is 3.99. The Bertz CT molecular complexity index is 339. The number of aliphatic carboxylic acids is 1. The number of carbonyl (C=O) groups is 2. The molecule has 1 aliphatic rings. The summed E-state index contributed by atoms with van der Waals surface area (Å²) in [5.41, 5.74) is 0. The molecule has 1 unspecified atom stereocenters. The third kappa shape index (κ3) is 7.32. The molecule has 1 heterocycles. The molecular weight excluding hydrogens is 270 g/mol. The van der Waals surface area contributed by atoms with Gasteiger partial charge in [-0.15, -0.1) is 0 Å². The molecule has 1 aliphatic heterocycles. The van der Waals surface area contributed by atoms with Gasteiger partial charge in [0.1, 0.15) is 6.04 Å². The Morgan fingerprint density at radius 3 is 2.43 bits per heavy atom. The fourth-order valence-corrected chi connectivity index (χ4v) is 2.64. The number of hydrogen-bond donors (Lipinski definition) is 3. The maximum Gasteiger partial charge on any atom is 0.326 e. The van der Waals surface area contributed by atoms with Crippen molar-refractivity contribution in [2.75, 3.05) is 26.7 Å². The predicted molar refractivity (Wildman–Crippen MR) is 82.3 cm³/mol. The zero-order chi connectivity index (χ0) is 15.8. The van der Waals surface area contributed by atoms with E-state index >= 15 is 0 Å². The molecule has 1 atom stereocenters. The van der Waals surface area contributed by atoms with Gasteiger partial charge in [-0.1, -0.05) is 13.8 Å². The van der Waals surface area contributed by atoms with Crippen molar-refractivity contribution in [2.45, 2.75) is 45.6 Å². The fourth-order valence-electron chi connectivity index (χ4n) is 2.64. The van der Waals surface area contributed by atoms with E-state index < -0.39 is 12.0 Å². The second-order valence-corrected chi connectivity index (χ2v) is 6.46. The zero-order valence-corrected chi connectivity index (χ0v) is 13.4. The summed E-state index contributed by atoms with van der Waals surface area (Å²) in [6.07, 6.45) is 3.75. The minimum Gasteiger partial charge on any atom is -0.480 e. The van der Waals surface area contributed by atoms with E-state index in [9.17, 15) is 9.59 Å². The number of amides is 2. The van der Waals surface area contributed by atoms with Crippen LogP contribution in [0.15, 0.2) is 0 Å². The molecule has 0 aliphatic carbocycles. The minimum atomic E-state index is -0.978. The quantitative estimate of drug-likeness (QED) is 0.665. The van der Waals surface area contributed by atoms with E-state index in [1.165, 1.54) is 12.8 Å². The maximum absolute atomic E-state index is 11.7. The largest absolute Gasteiger partial charge is 0.480 e. The van der Waals surface area contributed by atoms with Crippen molar-refractivity contribution in [1.82, 2.24) is 15.5 Å². The van der Waals surface area contributed by atoms with E-state index in [1.807, 2.05) is 13.8 Å². The van der Waals surface area contributed by atoms with E-state index in [2.05, 4.69) is 22.6 Å². The Morgan fingerprint density at radius 2 is 1.90 bits per heavy atom. The van der Waals surface area contributed by atoms with E-state index in [4.69, 9.17) is 5.11 Å². The molecule has 0 bridgehead atoms. The smallest absolute Gasteiger partial charge is 0.326 e. The minimum absolute atomic E-state index is 0.227. The molecule has 1 saturated heterocycles. The van der Waals surface area contributed by atoms with Crippen LogP contribution in [0.4, 0.5) is 4.79 Å². The molecule has 0 radical (unpaired) electrons. The van der Waals surface area contributed by atoms with Crippen molar-refractivity contribution in [1.29, 1.82) is 0 Å². The Balaban J connectivity index is 2.22. The fraction of sp³-hybridized carbons (Fsp3) is 0.867. The van der Waals surface area contributed by atoms with Crippen LogP contribution in [0.3, 0.4) is 0 Å². The summed E-state index contributed by atoms with van der Waals surface area (Å²) in [6, 6.07) is -1.19. The number of carboxylic acids is 1. The van der Waals surface area contributed by atoms with Gasteiger partial charge in [0.15, 0.2) is 0 Å². The van der Waals surface area contributed by atoms with E-state index in [0.717, 1.165) is 19.5 Å². The number of nitrogens with zero attached hydrogens (tertiary/aromatic N) is 1. The van der Waals surface area contributed by atoms with Crippen molar-refractivity contribution in [3.05, 3.63) is 0 Å². The molecule has 3 N–H and O–H groups in total. The first-order valence-electron chi connectivity index (χ1n) is 7.84. The Kier molecular flexibility index (Phi) is 7.50. The summed E-state index contributed by atoms with van der Waals surface area (Å²) in [7, 11) is 2.13. The number of rotatable bonds is 7. The van der Waals surface area contributed by atoms with Gasteiger partial charge in [0.2, 0.25) is 0 Å². The Morgan fingerprint density at radius 1 is 1.29 bits per heavy atom. The number of nitrogens with one attached hydrogen (secondary N) is 2. The molecular formula is C15H29N3O3. The number of piperidine rings is 1. The van der Waals surface area contributed by atoms with Gasteiger partial charge in [-0.25, -0.2) is 9.59 Å². The molecule has 0 spiro atoms. The van der Waals surface area contributed by atoms with Crippen molar-refractivity contribution in [2.24, 2.45) is 11.8 Å². The average Bonchev–Trinajstić information content (AvgIpc) is 2.39. The van der Waals surface area contributed by atoms with Crippen LogP contribution >= 0.6 is 0 Å². The van der Waals surface area contributed by atoms with Crippen LogP contribution < -0.4 is 10.6 Å². The second-order valence-electron chi connectivity index (χ2n) is 6.46. The standard InChI is InChI=1S/C15H29N3O3/c1-11(2)10-13(14(19)20)17-15(21)16-7-4-12-5-8-18(3)9-6-12/h11-13H,4-10H2,1-3H3,(H,19,20)(H2,16,17,21). The summed E-state index contributed by atoms with van der Waals surface area (Å²) in [6.45, 7) is 6.72. The average molecular weight is 299 g/mol. The van der Waals surface area contributed by atoms with Gasteiger partial charge in [-0.2, -0.15) is 0 Å². The Hall–Kier alpha value is -1.30. The number of likely N-dealkylation sites (tertiary alicyclic amines) is 1. The topological polar surface area (TPSA) is 81.7 Å². The van der Waals surface area contributed by atoms with Crippen molar-refractivity contribution < 1.29 is 14.7 Å². The maximum atomic E-state index is 11.7. The van der Waals surface area contributed by atoms with Crippen molar-refractivity contribution >= 4 is 12.0 Å². The lowest BCUT2D eigenvalue weighted by atomic mass is 9.94. The summed E-state index contributed by atoms with van der Waals surface area (Å²) >= 11 is 0. The van der Waals surface area contributed by atoms with Gasteiger partial charge in [0.25, 0.3) is 0 Å². The van der Waals surface area contributed by atoms with Gasteiger partial charge in [0, 0.05) is 6.54 Å². The molecule has 0 aromatic carbocycles. The molecule has 1 fully saturated rings. The molecule has 6 nitrogen and oxygen atoms in total. The highest BCUT2D eigenvalue weighted by Gasteiger charge is 2.21. The molecule has 122 valence electrons. The van der Waals surface area contributed by atoms with Crippen LogP contribution in [-0.2, 0) is 4.79 Å². The molecule has 0 saturated carbocycles. The number of hydrogen-bond acceptors (Lipinski definition) is 3. The highest BCUT2D eigenvalue weighted by Crippen LogP contribution is 2.18. The van der Waals surface area contributed by atoms with Crippen LogP contribution in [0.25, 0.3) is 0 Å². The van der Waals surface area contributed by atoms with E-state index in [-0.39, 0.29) is 11.9 Å². The molecule has 21 heavy (non-hydrogen) atoms.